The van der Waals surface area contributed by atoms with E-state index in [-0.39, 0.29) is 0 Å². The predicted octanol–water partition coefficient (Wildman–Crippen LogP) is 2.65. The summed E-state index contributed by atoms with van der Waals surface area (Å²) in [6.45, 7) is 1.03. The lowest BCUT2D eigenvalue weighted by Gasteiger charge is -1.97. The molecule has 1 aromatic carbocycles. The molecular weight excluding hydrogens is 268 g/mol. The number of thiophene rings is 1. The molecule has 92 valence electrons. The molecular formula is C12H11ClN4S. The molecule has 0 aliphatic carbocycles. The molecule has 3 rings (SSSR count). The van der Waals surface area contributed by atoms with Gasteiger partial charge in [0.15, 0.2) is 0 Å². The van der Waals surface area contributed by atoms with E-state index >= 15 is 0 Å². The van der Waals surface area contributed by atoms with E-state index in [1.165, 1.54) is 4.70 Å². The summed E-state index contributed by atoms with van der Waals surface area (Å²) in [5, 5.41) is 9.89. The minimum atomic E-state index is 0.403. The molecule has 0 fully saturated rings. The maximum absolute atomic E-state index is 6.37. The van der Waals surface area contributed by atoms with E-state index in [2.05, 4.69) is 16.4 Å². The number of nitrogens with two attached hydrogens (primary N) is 1. The van der Waals surface area contributed by atoms with E-state index in [1.54, 1.807) is 16.0 Å². The summed E-state index contributed by atoms with van der Waals surface area (Å²) in [5.74, 6) is 0. The van der Waals surface area contributed by atoms with Gasteiger partial charge in [-0.1, -0.05) is 35.0 Å². The van der Waals surface area contributed by atoms with Crippen molar-refractivity contribution in [3.8, 4) is 0 Å². The fourth-order valence-electron chi connectivity index (χ4n) is 1.82. The maximum Gasteiger partial charge on any atom is 0.0962 e. The summed E-state index contributed by atoms with van der Waals surface area (Å²) in [5.41, 5.74) is 6.29. The number of hydrogen-bond acceptors (Lipinski definition) is 4. The van der Waals surface area contributed by atoms with Crippen molar-refractivity contribution in [2.45, 2.75) is 13.1 Å². The first-order valence-electron chi connectivity index (χ1n) is 5.53. The third-order valence-corrected chi connectivity index (χ3v) is 4.40. The largest absolute Gasteiger partial charge is 0.325 e. The first-order valence-corrected chi connectivity index (χ1v) is 6.72. The fourth-order valence-corrected chi connectivity index (χ4v) is 3.31. The Morgan fingerprint density at radius 2 is 2.17 bits per heavy atom. The molecule has 0 aliphatic rings. The van der Waals surface area contributed by atoms with Crippen LogP contribution in [0.25, 0.3) is 10.1 Å². The Balaban J connectivity index is 1.97. The van der Waals surface area contributed by atoms with E-state index < -0.39 is 0 Å². The second-order valence-electron chi connectivity index (χ2n) is 3.95. The van der Waals surface area contributed by atoms with Gasteiger partial charge >= 0.3 is 0 Å². The maximum atomic E-state index is 6.37. The molecule has 6 heteroatoms. The van der Waals surface area contributed by atoms with Crippen LogP contribution in [-0.4, -0.2) is 15.0 Å². The van der Waals surface area contributed by atoms with Crippen LogP contribution in [0.15, 0.2) is 30.5 Å². The number of benzene rings is 1. The molecule has 0 spiro atoms. The quantitative estimate of drug-likeness (QED) is 0.801. The predicted molar refractivity (Wildman–Crippen MR) is 73.9 cm³/mol. The molecule has 2 heterocycles. The highest BCUT2D eigenvalue weighted by Crippen LogP contribution is 2.35. The van der Waals surface area contributed by atoms with E-state index in [4.69, 9.17) is 17.3 Å². The molecule has 0 aliphatic heterocycles. The van der Waals surface area contributed by atoms with E-state index in [0.29, 0.717) is 13.1 Å². The van der Waals surface area contributed by atoms with Gasteiger partial charge in [-0.15, -0.1) is 16.4 Å². The number of halogens is 1. The lowest BCUT2D eigenvalue weighted by Crippen LogP contribution is -1.99. The molecule has 18 heavy (non-hydrogen) atoms. The van der Waals surface area contributed by atoms with Crippen LogP contribution < -0.4 is 5.73 Å². The first-order chi connectivity index (χ1) is 8.78. The number of aromatic nitrogens is 3. The van der Waals surface area contributed by atoms with Crippen LogP contribution in [0.3, 0.4) is 0 Å². The zero-order valence-electron chi connectivity index (χ0n) is 9.51. The Morgan fingerprint density at radius 1 is 1.33 bits per heavy atom. The number of nitrogens with zero attached hydrogens (tertiary/aromatic N) is 3. The Hall–Kier alpha value is -1.43. The summed E-state index contributed by atoms with van der Waals surface area (Å²) in [6, 6.07) is 8.11. The highest BCUT2D eigenvalue weighted by Gasteiger charge is 2.11. The zero-order chi connectivity index (χ0) is 12.5. The van der Waals surface area contributed by atoms with Crippen LogP contribution in [0.4, 0.5) is 0 Å². The minimum Gasteiger partial charge on any atom is -0.325 e. The van der Waals surface area contributed by atoms with Crippen LogP contribution in [0.5, 0.6) is 0 Å². The van der Waals surface area contributed by atoms with Crippen molar-refractivity contribution in [1.82, 2.24) is 15.0 Å². The van der Waals surface area contributed by atoms with Crippen LogP contribution in [0, 0.1) is 0 Å². The summed E-state index contributed by atoms with van der Waals surface area (Å²) < 4.78 is 2.95. The fraction of sp³-hybridized carbons (Fsp3) is 0.167. The van der Waals surface area contributed by atoms with E-state index in [1.807, 2.05) is 24.4 Å². The molecule has 0 radical (unpaired) electrons. The Bertz CT molecular complexity index is 688. The van der Waals surface area contributed by atoms with Gasteiger partial charge in [0.1, 0.15) is 0 Å². The third kappa shape index (κ3) is 2.01. The smallest absolute Gasteiger partial charge is 0.0962 e. The second kappa shape index (κ2) is 4.68. The van der Waals surface area contributed by atoms with Crippen molar-refractivity contribution in [2.75, 3.05) is 0 Å². The average Bonchev–Trinajstić information content (AvgIpc) is 2.97. The van der Waals surface area contributed by atoms with E-state index in [9.17, 15) is 0 Å². The Labute approximate surface area is 113 Å². The molecule has 3 aromatic rings. The normalized spacial score (nSPS) is 11.2. The number of fused-ring (bicyclic) bond motifs is 1. The second-order valence-corrected chi connectivity index (χ2v) is 5.46. The van der Waals surface area contributed by atoms with Gasteiger partial charge in [-0.2, -0.15) is 0 Å². The van der Waals surface area contributed by atoms with Gasteiger partial charge in [0, 0.05) is 21.5 Å². The molecule has 0 saturated heterocycles. The van der Waals surface area contributed by atoms with Gasteiger partial charge < -0.3 is 5.73 Å². The van der Waals surface area contributed by atoms with Gasteiger partial charge in [-0.25, -0.2) is 4.68 Å². The number of rotatable bonds is 3. The van der Waals surface area contributed by atoms with Crippen LogP contribution in [0.1, 0.15) is 10.6 Å². The lowest BCUT2D eigenvalue weighted by molar-refractivity contribution is 0.655. The van der Waals surface area contributed by atoms with Crippen molar-refractivity contribution in [3.05, 3.63) is 46.1 Å². The zero-order valence-corrected chi connectivity index (χ0v) is 11.1. The van der Waals surface area contributed by atoms with Crippen molar-refractivity contribution >= 4 is 33.0 Å². The topological polar surface area (TPSA) is 56.7 Å². The summed E-state index contributed by atoms with van der Waals surface area (Å²) in [6.07, 6.45) is 1.85. The standard InChI is InChI=1S/C12H11ClN4S/c13-12-9-3-1-2-4-10(9)18-11(12)7-17-6-8(5-14)15-16-17/h1-4,6H,5,7,14H2. The molecule has 0 amide bonds. The summed E-state index contributed by atoms with van der Waals surface area (Å²) in [7, 11) is 0. The van der Waals surface area contributed by atoms with Crippen LogP contribution >= 0.6 is 22.9 Å². The monoisotopic (exact) mass is 278 g/mol. The van der Waals surface area contributed by atoms with Crippen LogP contribution in [-0.2, 0) is 13.1 Å². The van der Waals surface area contributed by atoms with Gasteiger partial charge in [-0.05, 0) is 6.07 Å². The van der Waals surface area contributed by atoms with Crippen molar-refractivity contribution in [3.63, 3.8) is 0 Å². The molecule has 0 unspecified atom stereocenters. The van der Waals surface area contributed by atoms with Gasteiger partial charge in [0.25, 0.3) is 0 Å². The first kappa shape index (κ1) is 11.6. The van der Waals surface area contributed by atoms with E-state index in [0.717, 1.165) is 21.0 Å². The summed E-state index contributed by atoms with van der Waals surface area (Å²) in [4.78, 5) is 1.09. The average molecular weight is 279 g/mol. The Kier molecular flexibility index (Phi) is 3.03. The number of hydrogen-bond donors (Lipinski definition) is 1. The third-order valence-electron chi connectivity index (χ3n) is 2.70. The van der Waals surface area contributed by atoms with Crippen molar-refractivity contribution in [1.29, 1.82) is 0 Å². The highest BCUT2D eigenvalue weighted by molar-refractivity contribution is 7.19. The van der Waals surface area contributed by atoms with Gasteiger partial charge in [0.2, 0.25) is 0 Å². The highest BCUT2D eigenvalue weighted by atomic mass is 35.5. The molecule has 0 atom stereocenters. The molecule has 4 nitrogen and oxygen atoms in total. The van der Waals surface area contributed by atoms with Crippen molar-refractivity contribution in [2.24, 2.45) is 5.73 Å². The Morgan fingerprint density at radius 3 is 2.89 bits per heavy atom. The SMILES string of the molecule is NCc1cn(Cc2sc3ccccc3c2Cl)nn1. The summed E-state index contributed by atoms with van der Waals surface area (Å²) >= 11 is 8.06. The van der Waals surface area contributed by atoms with Crippen molar-refractivity contribution < 1.29 is 0 Å². The molecule has 2 aromatic heterocycles. The molecule has 0 saturated carbocycles. The van der Waals surface area contributed by atoms with Crippen LogP contribution in [0.2, 0.25) is 5.02 Å². The van der Waals surface area contributed by atoms with Gasteiger partial charge in [0.05, 0.1) is 23.5 Å². The van der Waals surface area contributed by atoms with Gasteiger partial charge in [-0.3, -0.25) is 0 Å². The molecule has 2 N–H and O–H groups in total. The minimum absolute atomic E-state index is 0.403. The molecule has 0 bridgehead atoms. The lowest BCUT2D eigenvalue weighted by atomic mass is 10.2.